The van der Waals surface area contributed by atoms with Crippen molar-refractivity contribution in [3.8, 4) is 51.5 Å². The van der Waals surface area contributed by atoms with Crippen LogP contribution in [0.25, 0.3) is 51.5 Å². The number of rotatable bonds is 5. The number of hydrogen-bond acceptors (Lipinski definition) is 4. The van der Waals surface area contributed by atoms with E-state index in [1.54, 1.807) is 11.3 Å². The van der Waals surface area contributed by atoms with Crippen molar-refractivity contribution >= 4 is 45.3 Å². The van der Waals surface area contributed by atoms with Gasteiger partial charge >= 0.3 is 0 Å². The molecule has 4 aromatic heterocycles. The number of thiophene rings is 4. The summed E-state index contributed by atoms with van der Waals surface area (Å²) in [6.07, 6.45) is 0. The second-order valence-corrected chi connectivity index (χ2v) is 11.4. The standard InChI is InChI=1S/C28H18S4/c1-2-7-19(8-3-1)20-9-4-5-10-21(20)22-16-18-30-28(22)27-15-14-26(32-27)25-13-12-24(31-25)23-11-6-17-29-23/h1-18H. The molecule has 0 N–H and O–H groups in total. The lowest BCUT2D eigenvalue weighted by Gasteiger charge is -2.10. The lowest BCUT2D eigenvalue weighted by atomic mass is 9.95. The van der Waals surface area contributed by atoms with Crippen molar-refractivity contribution in [1.29, 1.82) is 0 Å². The molecule has 0 spiro atoms. The molecule has 0 aliphatic heterocycles. The van der Waals surface area contributed by atoms with Gasteiger partial charge in [0.2, 0.25) is 0 Å². The summed E-state index contributed by atoms with van der Waals surface area (Å²) < 4.78 is 0. The zero-order valence-electron chi connectivity index (χ0n) is 17.0. The summed E-state index contributed by atoms with van der Waals surface area (Å²) in [4.78, 5) is 8.05. The third kappa shape index (κ3) is 3.70. The van der Waals surface area contributed by atoms with Gasteiger partial charge in [-0.05, 0) is 63.8 Å². The third-order valence-electron chi connectivity index (χ3n) is 5.41. The van der Waals surface area contributed by atoms with Crippen LogP contribution in [0.1, 0.15) is 0 Å². The molecular weight excluding hydrogens is 465 g/mol. The van der Waals surface area contributed by atoms with Crippen LogP contribution in [0.15, 0.2) is 108 Å². The molecule has 0 fully saturated rings. The average molecular weight is 483 g/mol. The SMILES string of the molecule is c1ccc(-c2ccccc2-c2ccsc2-c2ccc(-c3ccc(-c4cccs4)s3)s2)cc1. The van der Waals surface area contributed by atoms with Crippen LogP contribution in [0.3, 0.4) is 0 Å². The van der Waals surface area contributed by atoms with Gasteiger partial charge in [0.25, 0.3) is 0 Å². The Bertz CT molecular complexity index is 1460. The van der Waals surface area contributed by atoms with Crippen LogP contribution in [0, 0.1) is 0 Å². The molecule has 0 nitrogen and oxygen atoms in total. The zero-order chi connectivity index (χ0) is 21.3. The van der Waals surface area contributed by atoms with Crippen LogP contribution < -0.4 is 0 Å². The molecule has 0 aliphatic rings. The molecule has 0 radical (unpaired) electrons. The molecule has 0 saturated carbocycles. The van der Waals surface area contributed by atoms with Crippen LogP contribution in [0.2, 0.25) is 0 Å². The summed E-state index contributed by atoms with van der Waals surface area (Å²) in [6.45, 7) is 0. The van der Waals surface area contributed by atoms with Crippen molar-refractivity contribution < 1.29 is 0 Å². The Hall–Kier alpha value is -2.76. The quantitative estimate of drug-likeness (QED) is 0.229. The van der Waals surface area contributed by atoms with Gasteiger partial charge in [-0.1, -0.05) is 60.7 Å². The van der Waals surface area contributed by atoms with E-state index in [2.05, 4.69) is 108 Å². The van der Waals surface area contributed by atoms with Gasteiger partial charge < -0.3 is 0 Å². The average Bonchev–Trinajstić information content (AvgIpc) is 3.64. The Morgan fingerprint density at radius 2 is 1.03 bits per heavy atom. The van der Waals surface area contributed by atoms with Gasteiger partial charge in [-0.15, -0.1) is 45.3 Å². The molecule has 4 heterocycles. The maximum atomic E-state index is 2.28. The molecule has 32 heavy (non-hydrogen) atoms. The highest BCUT2D eigenvalue weighted by molar-refractivity contribution is 7.28. The molecule has 0 unspecified atom stereocenters. The molecule has 6 aromatic rings. The van der Waals surface area contributed by atoms with E-state index < -0.39 is 0 Å². The zero-order valence-corrected chi connectivity index (χ0v) is 20.3. The first kappa shape index (κ1) is 19.9. The van der Waals surface area contributed by atoms with E-state index >= 15 is 0 Å². The third-order valence-corrected chi connectivity index (χ3v) is 9.94. The van der Waals surface area contributed by atoms with Gasteiger partial charge in [0.05, 0.1) is 4.88 Å². The van der Waals surface area contributed by atoms with Gasteiger partial charge in [0.15, 0.2) is 0 Å². The molecule has 0 saturated heterocycles. The second-order valence-electron chi connectivity index (χ2n) is 7.38. The second kappa shape index (κ2) is 8.64. The Balaban J connectivity index is 1.38. The van der Waals surface area contributed by atoms with Gasteiger partial charge in [-0.25, -0.2) is 0 Å². The Kier molecular flexibility index (Phi) is 5.37. The summed E-state index contributed by atoms with van der Waals surface area (Å²) in [5.41, 5.74) is 5.14. The molecule has 6 rings (SSSR count). The first-order valence-corrected chi connectivity index (χ1v) is 13.7. The monoisotopic (exact) mass is 482 g/mol. The maximum Gasteiger partial charge on any atom is 0.0521 e. The summed E-state index contributed by atoms with van der Waals surface area (Å²) in [6, 6.07) is 35.1. The summed E-state index contributed by atoms with van der Waals surface area (Å²) >= 11 is 7.40. The van der Waals surface area contributed by atoms with Gasteiger partial charge in [0, 0.05) is 29.9 Å². The number of benzene rings is 2. The predicted octanol–water partition coefficient (Wildman–Crippen LogP) is 10.3. The largest absolute Gasteiger partial charge is 0.143 e. The predicted molar refractivity (Wildman–Crippen MR) is 145 cm³/mol. The fourth-order valence-electron chi connectivity index (χ4n) is 3.91. The van der Waals surface area contributed by atoms with E-state index in [1.165, 1.54) is 51.5 Å². The summed E-state index contributed by atoms with van der Waals surface area (Å²) in [5.74, 6) is 0. The Morgan fingerprint density at radius 3 is 1.78 bits per heavy atom. The number of hydrogen-bond donors (Lipinski definition) is 0. The molecule has 2 aromatic carbocycles. The van der Waals surface area contributed by atoms with E-state index in [0.29, 0.717) is 0 Å². The van der Waals surface area contributed by atoms with E-state index in [4.69, 9.17) is 0 Å². The molecule has 154 valence electrons. The topological polar surface area (TPSA) is 0 Å². The lowest BCUT2D eigenvalue weighted by Crippen LogP contribution is -1.84. The normalized spacial score (nSPS) is 11.1. The van der Waals surface area contributed by atoms with E-state index in [-0.39, 0.29) is 0 Å². The lowest BCUT2D eigenvalue weighted by molar-refractivity contribution is 1.60. The molecule has 0 atom stereocenters. The fourth-order valence-corrected chi connectivity index (χ4v) is 7.90. The van der Waals surface area contributed by atoms with E-state index in [9.17, 15) is 0 Å². The molecule has 0 amide bonds. The van der Waals surface area contributed by atoms with Crippen molar-refractivity contribution in [3.63, 3.8) is 0 Å². The highest BCUT2D eigenvalue weighted by Gasteiger charge is 2.16. The van der Waals surface area contributed by atoms with Gasteiger partial charge in [-0.2, -0.15) is 0 Å². The van der Waals surface area contributed by atoms with E-state index in [1.807, 2.05) is 34.0 Å². The first-order chi connectivity index (χ1) is 15.9. The van der Waals surface area contributed by atoms with Crippen molar-refractivity contribution in [2.75, 3.05) is 0 Å². The van der Waals surface area contributed by atoms with Gasteiger partial charge in [0.1, 0.15) is 0 Å². The minimum Gasteiger partial charge on any atom is -0.143 e. The molecule has 0 bridgehead atoms. The smallest absolute Gasteiger partial charge is 0.0521 e. The van der Waals surface area contributed by atoms with Crippen LogP contribution in [0.5, 0.6) is 0 Å². The van der Waals surface area contributed by atoms with Gasteiger partial charge in [-0.3, -0.25) is 0 Å². The summed E-state index contributed by atoms with van der Waals surface area (Å²) in [7, 11) is 0. The minimum atomic E-state index is 1.26. The maximum absolute atomic E-state index is 2.28. The molecular formula is C28H18S4. The first-order valence-electron chi connectivity index (χ1n) is 10.3. The highest BCUT2D eigenvalue weighted by atomic mass is 32.1. The van der Waals surface area contributed by atoms with Crippen molar-refractivity contribution in [1.82, 2.24) is 0 Å². The Labute approximate surface area is 203 Å². The van der Waals surface area contributed by atoms with Crippen LogP contribution in [0.4, 0.5) is 0 Å². The molecule has 4 heteroatoms. The van der Waals surface area contributed by atoms with Crippen molar-refractivity contribution in [3.05, 3.63) is 108 Å². The minimum absolute atomic E-state index is 1.26. The van der Waals surface area contributed by atoms with Crippen molar-refractivity contribution in [2.24, 2.45) is 0 Å². The fraction of sp³-hybridized carbons (Fsp3) is 0. The van der Waals surface area contributed by atoms with Crippen molar-refractivity contribution in [2.45, 2.75) is 0 Å². The Morgan fingerprint density at radius 1 is 0.375 bits per heavy atom. The van der Waals surface area contributed by atoms with E-state index in [0.717, 1.165) is 0 Å². The van der Waals surface area contributed by atoms with Crippen LogP contribution in [-0.2, 0) is 0 Å². The van der Waals surface area contributed by atoms with Crippen LogP contribution in [-0.4, -0.2) is 0 Å². The molecule has 0 aliphatic carbocycles. The van der Waals surface area contributed by atoms with Crippen LogP contribution >= 0.6 is 45.3 Å². The summed E-state index contributed by atoms with van der Waals surface area (Å²) in [5, 5.41) is 4.36. The highest BCUT2D eigenvalue weighted by Crippen LogP contribution is 2.46.